The van der Waals surface area contributed by atoms with Crippen LogP contribution < -0.4 is 5.32 Å². The third kappa shape index (κ3) is 3.93. The van der Waals surface area contributed by atoms with Gasteiger partial charge in [0, 0.05) is 25.6 Å². The zero-order chi connectivity index (χ0) is 17.2. The zero-order valence-corrected chi connectivity index (χ0v) is 15.4. The second-order valence-corrected chi connectivity index (χ2v) is 8.39. The van der Waals surface area contributed by atoms with Crippen LogP contribution in [0.3, 0.4) is 0 Å². The van der Waals surface area contributed by atoms with Crippen LogP contribution in [-0.2, 0) is 9.59 Å². The topological polar surface area (TPSA) is 52.7 Å². The third-order valence-corrected chi connectivity index (χ3v) is 6.66. The van der Waals surface area contributed by atoms with E-state index in [1.165, 1.54) is 25.7 Å². The number of hydrogen-bond donors (Lipinski definition) is 1. The Morgan fingerprint density at radius 3 is 2.38 bits per heavy atom. The molecule has 2 saturated heterocycles. The molecule has 1 aliphatic carbocycles. The van der Waals surface area contributed by atoms with E-state index >= 15 is 0 Å². The van der Waals surface area contributed by atoms with Crippen LogP contribution >= 0.6 is 0 Å². The minimum Gasteiger partial charge on any atom is -0.344 e. The maximum Gasteiger partial charge on any atom is 0.245 e. The van der Waals surface area contributed by atoms with Crippen LogP contribution in [0.5, 0.6) is 0 Å². The van der Waals surface area contributed by atoms with Gasteiger partial charge in [-0.15, -0.1) is 0 Å². The summed E-state index contributed by atoms with van der Waals surface area (Å²) in [6.45, 7) is 1.75. The zero-order valence-electron chi connectivity index (χ0n) is 15.4. The molecule has 5 heteroatoms. The standard InChI is InChI=1S/C19H33N3O2/c1-21(2)15-7-9-19(10-8-15)11-13-22(14-12-19)18(24)16-5-3-4-6-17(23)20-16/h15-16H,3-14H2,1-2H3,(H,20,23)/t16-/m0/s1. The summed E-state index contributed by atoms with van der Waals surface area (Å²) in [6, 6.07) is 0.454. The second kappa shape index (κ2) is 7.42. The van der Waals surface area contributed by atoms with Crippen molar-refractivity contribution in [3.05, 3.63) is 0 Å². The van der Waals surface area contributed by atoms with Gasteiger partial charge in [-0.05, 0) is 70.9 Å². The molecule has 0 bridgehead atoms. The maximum atomic E-state index is 12.8. The Bertz CT molecular complexity index is 459. The number of nitrogens with one attached hydrogen (secondary N) is 1. The molecule has 1 spiro atoms. The van der Waals surface area contributed by atoms with E-state index in [1.54, 1.807) is 0 Å². The van der Waals surface area contributed by atoms with Gasteiger partial charge in [0.1, 0.15) is 6.04 Å². The molecule has 3 aliphatic rings. The number of amides is 2. The average molecular weight is 335 g/mol. The Labute approximate surface area is 146 Å². The fourth-order valence-corrected chi connectivity index (χ4v) is 4.81. The molecule has 136 valence electrons. The van der Waals surface area contributed by atoms with Crippen molar-refractivity contribution in [3.63, 3.8) is 0 Å². The number of hydrogen-bond acceptors (Lipinski definition) is 3. The molecule has 0 aromatic rings. The predicted octanol–water partition coefficient (Wildman–Crippen LogP) is 2.16. The lowest BCUT2D eigenvalue weighted by Gasteiger charge is -2.47. The lowest BCUT2D eigenvalue weighted by Crippen LogP contribution is -2.52. The molecule has 0 radical (unpaired) electrons. The van der Waals surface area contributed by atoms with E-state index in [2.05, 4.69) is 24.3 Å². The van der Waals surface area contributed by atoms with Crippen LogP contribution in [0.4, 0.5) is 0 Å². The molecule has 1 atom stereocenters. The SMILES string of the molecule is CN(C)C1CCC2(CC1)CCN(C(=O)[C@@H]1CCCCC(=O)N1)CC2. The van der Waals surface area contributed by atoms with Crippen LogP contribution in [0.1, 0.15) is 64.2 Å². The lowest BCUT2D eigenvalue weighted by molar-refractivity contribution is -0.138. The molecule has 2 aliphatic heterocycles. The Balaban J connectivity index is 1.51. The first kappa shape index (κ1) is 17.7. The van der Waals surface area contributed by atoms with Gasteiger partial charge in [-0.25, -0.2) is 0 Å². The highest BCUT2D eigenvalue weighted by Crippen LogP contribution is 2.45. The van der Waals surface area contributed by atoms with Crippen LogP contribution in [0.15, 0.2) is 0 Å². The molecular weight excluding hydrogens is 302 g/mol. The highest BCUT2D eigenvalue weighted by Gasteiger charge is 2.40. The van der Waals surface area contributed by atoms with Gasteiger partial charge in [-0.3, -0.25) is 9.59 Å². The van der Waals surface area contributed by atoms with E-state index in [0.717, 1.165) is 51.2 Å². The molecule has 0 aromatic carbocycles. The van der Waals surface area contributed by atoms with Crippen LogP contribution in [0, 0.1) is 5.41 Å². The first-order valence-electron chi connectivity index (χ1n) is 9.74. The molecule has 24 heavy (non-hydrogen) atoms. The quantitative estimate of drug-likeness (QED) is 0.841. The van der Waals surface area contributed by atoms with Crippen LogP contribution in [0.25, 0.3) is 0 Å². The van der Waals surface area contributed by atoms with Crippen molar-refractivity contribution in [2.45, 2.75) is 76.3 Å². The largest absolute Gasteiger partial charge is 0.344 e. The van der Waals surface area contributed by atoms with E-state index in [-0.39, 0.29) is 17.9 Å². The van der Waals surface area contributed by atoms with Crippen molar-refractivity contribution in [1.82, 2.24) is 15.1 Å². The fourth-order valence-electron chi connectivity index (χ4n) is 4.81. The van der Waals surface area contributed by atoms with E-state index in [0.29, 0.717) is 11.8 Å². The summed E-state index contributed by atoms with van der Waals surface area (Å²) >= 11 is 0. The number of carbonyl (C=O) groups excluding carboxylic acids is 2. The molecule has 0 unspecified atom stereocenters. The summed E-state index contributed by atoms with van der Waals surface area (Å²) in [5.74, 6) is 0.198. The molecular formula is C19H33N3O2. The normalized spacial score (nSPS) is 28.7. The fraction of sp³-hybridized carbons (Fsp3) is 0.895. The Hall–Kier alpha value is -1.10. The molecule has 3 fully saturated rings. The van der Waals surface area contributed by atoms with Gasteiger partial charge in [0.05, 0.1) is 0 Å². The first-order valence-corrected chi connectivity index (χ1v) is 9.74. The van der Waals surface area contributed by atoms with Crippen molar-refractivity contribution in [3.8, 4) is 0 Å². The number of rotatable bonds is 2. The highest BCUT2D eigenvalue weighted by atomic mass is 16.2. The van der Waals surface area contributed by atoms with Crippen LogP contribution in [-0.4, -0.2) is 60.9 Å². The van der Waals surface area contributed by atoms with Gasteiger partial charge in [-0.1, -0.05) is 6.42 Å². The van der Waals surface area contributed by atoms with E-state index in [1.807, 2.05) is 4.90 Å². The monoisotopic (exact) mass is 335 g/mol. The van der Waals surface area contributed by atoms with Gasteiger partial charge in [0.25, 0.3) is 0 Å². The lowest BCUT2D eigenvalue weighted by atomic mass is 9.66. The maximum absolute atomic E-state index is 12.8. The van der Waals surface area contributed by atoms with E-state index in [9.17, 15) is 9.59 Å². The number of nitrogens with zero attached hydrogens (tertiary/aromatic N) is 2. The van der Waals surface area contributed by atoms with Gasteiger partial charge in [0.15, 0.2) is 0 Å². The Kier molecular flexibility index (Phi) is 5.48. The van der Waals surface area contributed by atoms with E-state index < -0.39 is 0 Å². The van der Waals surface area contributed by atoms with Gasteiger partial charge >= 0.3 is 0 Å². The molecule has 3 rings (SSSR count). The summed E-state index contributed by atoms with van der Waals surface area (Å²) in [5, 5.41) is 2.93. The molecule has 2 heterocycles. The van der Waals surface area contributed by atoms with Gasteiger partial charge in [0.2, 0.25) is 11.8 Å². The number of piperidine rings is 1. The average Bonchev–Trinajstić information content (AvgIpc) is 2.80. The Morgan fingerprint density at radius 2 is 1.75 bits per heavy atom. The summed E-state index contributed by atoms with van der Waals surface area (Å²) in [4.78, 5) is 28.9. The minimum absolute atomic E-state index is 0.0429. The van der Waals surface area contributed by atoms with E-state index in [4.69, 9.17) is 0 Å². The third-order valence-electron chi connectivity index (χ3n) is 6.66. The molecule has 5 nitrogen and oxygen atoms in total. The van der Waals surface area contributed by atoms with Crippen molar-refractivity contribution in [2.24, 2.45) is 5.41 Å². The van der Waals surface area contributed by atoms with Gasteiger partial charge < -0.3 is 15.1 Å². The second-order valence-electron chi connectivity index (χ2n) is 8.39. The summed E-state index contributed by atoms with van der Waals surface area (Å²) in [7, 11) is 4.37. The number of carbonyl (C=O) groups is 2. The van der Waals surface area contributed by atoms with Crippen LogP contribution in [0.2, 0.25) is 0 Å². The molecule has 2 amide bonds. The molecule has 0 aromatic heterocycles. The molecule has 1 N–H and O–H groups in total. The first-order chi connectivity index (χ1) is 11.5. The van der Waals surface area contributed by atoms with Crippen molar-refractivity contribution in [2.75, 3.05) is 27.2 Å². The smallest absolute Gasteiger partial charge is 0.245 e. The van der Waals surface area contributed by atoms with Crippen molar-refractivity contribution in [1.29, 1.82) is 0 Å². The molecule has 1 saturated carbocycles. The predicted molar refractivity (Wildman–Crippen MR) is 94.6 cm³/mol. The van der Waals surface area contributed by atoms with Crippen molar-refractivity contribution >= 4 is 11.8 Å². The van der Waals surface area contributed by atoms with Gasteiger partial charge in [-0.2, -0.15) is 0 Å². The summed E-state index contributed by atoms with van der Waals surface area (Å²) in [6.07, 6.45) is 10.7. The number of likely N-dealkylation sites (tertiary alicyclic amines) is 1. The highest BCUT2D eigenvalue weighted by molar-refractivity contribution is 5.88. The summed E-state index contributed by atoms with van der Waals surface area (Å²) in [5.41, 5.74) is 0.468. The Morgan fingerprint density at radius 1 is 1.08 bits per heavy atom. The summed E-state index contributed by atoms with van der Waals surface area (Å²) < 4.78 is 0. The van der Waals surface area contributed by atoms with Crippen molar-refractivity contribution < 1.29 is 9.59 Å². The minimum atomic E-state index is -0.279.